The quantitative estimate of drug-likeness (QED) is 0.698. The van der Waals surface area contributed by atoms with Gasteiger partial charge in [0, 0.05) is 19.1 Å². The second kappa shape index (κ2) is 4.69. The monoisotopic (exact) mass is 228 g/mol. The van der Waals surface area contributed by atoms with Crippen LogP contribution in [-0.2, 0) is 9.53 Å². The summed E-state index contributed by atoms with van der Waals surface area (Å²) in [5.74, 6) is -0.856. The van der Waals surface area contributed by atoms with E-state index < -0.39 is 11.5 Å². The standard InChI is InChI=1S/C11H20N2O3/c12-11(10(14)15)3-1-2-9(8-11)13-4-6-16-7-5-13/h9H,1-8,12H2,(H,14,15). The van der Waals surface area contributed by atoms with Crippen LogP contribution in [0.1, 0.15) is 25.7 Å². The Hall–Kier alpha value is -0.650. The summed E-state index contributed by atoms with van der Waals surface area (Å²) in [5.41, 5.74) is 4.93. The fraction of sp³-hybridized carbons (Fsp3) is 0.909. The highest BCUT2D eigenvalue weighted by Gasteiger charge is 2.41. The maximum atomic E-state index is 11.1. The van der Waals surface area contributed by atoms with E-state index in [0.29, 0.717) is 18.9 Å². The molecule has 1 heterocycles. The Labute approximate surface area is 95.5 Å². The molecular formula is C11H20N2O3. The molecule has 2 atom stereocenters. The SMILES string of the molecule is NC1(C(=O)O)CCCC(N2CCOCC2)C1. The average molecular weight is 228 g/mol. The van der Waals surface area contributed by atoms with Crippen molar-refractivity contribution in [2.24, 2.45) is 5.73 Å². The van der Waals surface area contributed by atoms with Crippen LogP contribution in [-0.4, -0.2) is 53.9 Å². The van der Waals surface area contributed by atoms with Crippen molar-refractivity contribution in [3.63, 3.8) is 0 Å². The maximum Gasteiger partial charge on any atom is 0.323 e. The van der Waals surface area contributed by atoms with Crippen LogP contribution in [0.25, 0.3) is 0 Å². The third kappa shape index (κ3) is 2.36. The van der Waals surface area contributed by atoms with Crippen molar-refractivity contribution in [2.45, 2.75) is 37.3 Å². The minimum Gasteiger partial charge on any atom is -0.480 e. The molecule has 2 fully saturated rings. The minimum atomic E-state index is -1.01. The van der Waals surface area contributed by atoms with Crippen LogP contribution in [0.5, 0.6) is 0 Å². The molecule has 0 amide bonds. The molecule has 2 aliphatic rings. The van der Waals surface area contributed by atoms with E-state index in [1.165, 1.54) is 0 Å². The van der Waals surface area contributed by atoms with Gasteiger partial charge in [0.25, 0.3) is 0 Å². The first-order chi connectivity index (χ1) is 7.62. The highest BCUT2D eigenvalue weighted by Crippen LogP contribution is 2.30. The Morgan fingerprint density at radius 2 is 2.12 bits per heavy atom. The van der Waals surface area contributed by atoms with Gasteiger partial charge >= 0.3 is 5.97 Å². The number of morpholine rings is 1. The van der Waals surface area contributed by atoms with Crippen molar-refractivity contribution in [3.05, 3.63) is 0 Å². The second-order valence-corrected chi connectivity index (χ2v) is 4.86. The summed E-state index contributed by atoms with van der Waals surface area (Å²) in [4.78, 5) is 13.5. The molecule has 5 heteroatoms. The van der Waals surface area contributed by atoms with E-state index in [4.69, 9.17) is 15.6 Å². The first kappa shape index (κ1) is 11.8. The fourth-order valence-electron chi connectivity index (χ4n) is 2.73. The van der Waals surface area contributed by atoms with Gasteiger partial charge in [-0.3, -0.25) is 9.69 Å². The van der Waals surface area contributed by atoms with Crippen LogP contribution in [0.4, 0.5) is 0 Å². The van der Waals surface area contributed by atoms with Crippen molar-refractivity contribution in [2.75, 3.05) is 26.3 Å². The second-order valence-electron chi connectivity index (χ2n) is 4.86. The lowest BCUT2D eigenvalue weighted by molar-refractivity contribution is -0.145. The van der Waals surface area contributed by atoms with Gasteiger partial charge in [0.1, 0.15) is 5.54 Å². The molecule has 1 saturated carbocycles. The van der Waals surface area contributed by atoms with Crippen LogP contribution in [0.15, 0.2) is 0 Å². The van der Waals surface area contributed by atoms with Crippen molar-refractivity contribution >= 4 is 5.97 Å². The smallest absolute Gasteiger partial charge is 0.323 e. The van der Waals surface area contributed by atoms with E-state index in [2.05, 4.69) is 4.90 Å². The van der Waals surface area contributed by atoms with Gasteiger partial charge in [0.15, 0.2) is 0 Å². The molecule has 0 aromatic carbocycles. The number of hydrogen-bond acceptors (Lipinski definition) is 4. The minimum absolute atomic E-state index is 0.318. The number of aliphatic carboxylic acids is 1. The van der Waals surface area contributed by atoms with Crippen molar-refractivity contribution in [1.29, 1.82) is 0 Å². The lowest BCUT2D eigenvalue weighted by Gasteiger charge is -2.41. The van der Waals surface area contributed by atoms with E-state index in [0.717, 1.165) is 39.1 Å². The zero-order valence-electron chi connectivity index (χ0n) is 9.52. The summed E-state index contributed by atoms with van der Waals surface area (Å²) in [6.07, 6.45) is 3.14. The number of hydrogen-bond donors (Lipinski definition) is 2. The summed E-state index contributed by atoms with van der Waals surface area (Å²) in [6, 6.07) is 0.318. The highest BCUT2D eigenvalue weighted by atomic mass is 16.5. The zero-order valence-corrected chi connectivity index (χ0v) is 9.52. The number of carboxylic acid groups (broad SMARTS) is 1. The van der Waals surface area contributed by atoms with Crippen LogP contribution in [0, 0.1) is 0 Å². The van der Waals surface area contributed by atoms with E-state index in [1.807, 2.05) is 0 Å². The first-order valence-corrected chi connectivity index (χ1v) is 5.96. The van der Waals surface area contributed by atoms with Gasteiger partial charge in [0.2, 0.25) is 0 Å². The lowest BCUT2D eigenvalue weighted by atomic mass is 9.79. The van der Waals surface area contributed by atoms with Crippen molar-refractivity contribution < 1.29 is 14.6 Å². The van der Waals surface area contributed by atoms with E-state index in [1.54, 1.807) is 0 Å². The highest BCUT2D eigenvalue weighted by molar-refractivity contribution is 5.78. The van der Waals surface area contributed by atoms with Gasteiger partial charge < -0.3 is 15.6 Å². The molecule has 92 valence electrons. The number of carboxylic acids is 1. The molecule has 0 radical (unpaired) electrons. The summed E-state index contributed by atoms with van der Waals surface area (Å²) >= 11 is 0. The number of rotatable bonds is 2. The molecule has 5 nitrogen and oxygen atoms in total. The molecule has 0 aromatic rings. The molecule has 2 unspecified atom stereocenters. The van der Waals surface area contributed by atoms with Crippen molar-refractivity contribution in [3.8, 4) is 0 Å². The first-order valence-electron chi connectivity index (χ1n) is 5.96. The van der Waals surface area contributed by atoms with Gasteiger partial charge in [-0.25, -0.2) is 0 Å². The molecule has 1 aliphatic carbocycles. The molecule has 1 saturated heterocycles. The number of ether oxygens (including phenoxy) is 1. The molecule has 0 aromatic heterocycles. The third-order valence-electron chi connectivity index (χ3n) is 3.75. The Bertz CT molecular complexity index is 266. The third-order valence-corrected chi connectivity index (χ3v) is 3.75. The molecule has 3 N–H and O–H groups in total. The van der Waals surface area contributed by atoms with Crippen LogP contribution in [0.2, 0.25) is 0 Å². The maximum absolute atomic E-state index is 11.1. The molecular weight excluding hydrogens is 208 g/mol. The van der Waals surface area contributed by atoms with Crippen molar-refractivity contribution in [1.82, 2.24) is 4.90 Å². The predicted octanol–water partition coefficient (Wildman–Crippen LogP) is 0.0433. The average Bonchev–Trinajstić information content (AvgIpc) is 2.30. The summed E-state index contributed by atoms with van der Waals surface area (Å²) in [5, 5.41) is 9.15. The molecule has 1 aliphatic heterocycles. The zero-order chi connectivity index (χ0) is 11.6. The normalized spacial score (nSPS) is 37.2. The molecule has 16 heavy (non-hydrogen) atoms. The lowest BCUT2D eigenvalue weighted by Crippen LogP contribution is -2.57. The van der Waals surface area contributed by atoms with Gasteiger partial charge in [0.05, 0.1) is 13.2 Å². The fourth-order valence-corrected chi connectivity index (χ4v) is 2.73. The predicted molar refractivity (Wildman–Crippen MR) is 59.2 cm³/mol. The Balaban J connectivity index is 1.98. The van der Waals surface area contributed by atoms with Crippen LogP contribution < -0.4 is 5.73 Å². The van der Waals surface area contributed by atoms with Crippen LogP contribution >= 0.6 is 0 Å². The van der Waals surface area contributed by atoms with Gasteiger partial charge in [-0.05, 0) is 25.7 Å². The van der Waals surface area contributed by atoms with Crippen LogP contribution in [0.3, 0.4) is 0 Å². The number of nitrogens with zero attached hydrogens (tertiary/aromatic N) is 1. The summed E-state index contributed by atoms with van der Waals surface area (Å²) in [7, 11) is 0. The summed E-state index contributed by atoms with van der Waals surface area (Å²) < 4.78 is 5.30. The Kier molecular flexibility index (Phi) is 3.47. The molecule has 2 rings (SSSR count). The topological polar surface area (TPSA) is 75.8 Å². The van der Waals surface area contributed by atoms with E-state index in [-0.39, 0.29) is 0 Å². The number of nitrogens with two attached hydrogens (primary N) is 1. The van der Waals surface area contributed by atoms with E-state index in [9.17, 15) is 4.79 Å². The Morgan fingerprint density at radius 1 is 1.44 bits per heavy atom. The van der Waals surface area contributed by atoms with E-state index >= 15 is 0 Å². The van der Waals surface area contributed by atoms with Gasteiger partial charge in [-0.2, -0.15) is 0 Å². The number of carbonyl (C=O) groups is 1. The largest absolute Gasteiger partial charge is 0.480 e. The molecule has 0 bridgehead atoms. The molecule has 0 spiro atoms. The summed E-state index contributed by atoms with van der Waals surface area (Å²) in [6.45, 7) is 3.31. The van der Waals surface area contributed by atoms with Gasteiger partial charge in [-0.1, -0.05) is 0 Å². The van der Waals surface area contributed by atoms with Gasteiger partial charge in [-0.15, -0.1) is 0 Å². The Morgan fingerprint density at radius 3 is 2.75 bits per heavy atom.